The summed E-state index contributed by atoms with van der Waals surface area (Å²) in [6, 6.07) is 22.4. The lowest BCUT2D eigenvalue weighted by molar-refractivity contribution is -0.148. The number of aldehydes is 1. The molecule has 3 aliphatic rings. The van der Waals surface area contributed by atoms with E-state index in [2.05, 4.69) is 15.6 Å². The monoisotopic (exact) mass is 577 g/mol. The minimum absolute atomic E-state index is 0.106. The zero-order valence-electron chi connectivity index (χ0n) is 23.8. The number of ether oxygens (including phenoxy) is 2. The van der Waals surface area contributed by atoms with Gasteiger partial charge in [-0.2, -0.15) is 0 Å². The number of aromatic nitrogens is 1. The normalized spacial score (nSPS) is 23.1. The number of carbonyl (C=O) groups excluding carboxylic acids is 3. The van der Waals surface area contributed by atoms with E-state index < -0.39 is 29.6 Å². The number of oxazole rings is 1. The van der Waals surface area contributed by atoms with E-state index in [0.717, 1.165) is 27.9 Å². The Kier molecular flexibility index (Phi) is 6.53. The second-order valence-corrected chi connectivity index (χ2v) is 11.7. The van der Waals surface area contributed by atoms with E-state index in [1.807, 2.05) is 86.6 Å². The van der Waals surface area contributed by atoms with Gasteiger partial charge in [0, 0.05) is 11.3 Å². The second kappa shape index (κ2) is 10.4. The Morgan fingerprint density at radius 3 is 2.65 bits per heavy atom. The summed E-state index contributed by atoms with van der Waals surface area (Å²) in [5.74, 6) is -0.379. The first-order valence-electron chi connectivity index (χ1n) is 14.5. The second-order valence-electron chi connectivity index (χ2n) is 11.7. The highest BCUT2D eigenvalue weighted by molar-refractivity contribution is 5.85. The first-order valence-corrected chi connectivity index (χ1v) is 14.5. The van der Waals surface area contributed by atoms with Crippen LogP contribution in [0.1, 0.15) is 70.7 Å². The van der Waals surface area contributed by atoms with Gasteiger partial charge < -0.3 is 24.5 Å². The topological polar surface area (TPSA) is 120 Å². The number of nitrogens with zero attached hydrogens (tertiary/aromatic N) is 1. The van der Waals surface area contributed by atoms with Crippen LogP contribution in [0.25, 0.3) is 0 Å². The van der Waals surface area contributed by atoms with Crippen LogP contribution in [-0.2, 0) is 32.8 Å². The van der Waals surface area contributed by atoms with Gasteiger partial charge >= 0.3 is 5.97 Å². The molecule has 1 aromatic heterocycles. The molecule has 2 N–H and O–H groups in total. The van der Waals surface area contributed by atoms with E-state index in [1.54, 1.807) is 0 Å². The van der Waals surface area contributed by atoms with Crippen LogP contribution in [0.15, 0.2) is 77.2 Å². The number of carbonyl (C=O) groups is 3. The molecule has 0 fully saturated rings. The zero-order chi connectivity index (χ0) is 29.7. The minimum atomic E-state index is -0.988. The van der Waals surface area contributed by atoms with Crippen LogP contribution in [0, 0.1) is 11.8 Å². The van der Waals surface area contributed by atoms with Gasteiger partial charge in [0.2, 0.25) is 11.8 Å². The van der Waals surface area contributed by atoms with E-state index in [0.29, 0.717) is 24.2 Å². The molecule has 43 heavy (non-hydrogen) atoms. The molecule has 0 saturated carbocycles. The molecule has 1 unspecified atom stereocenters. The van der Waals surface area contributed by atoms with Crippen LogP contribution in [0.2, 0.25) is 0 Å². The van der Waals surface area contributed by atoms with Crippen molar-refractivity contribution in [1.29, 1.82) is 0 Å². The van der Waals surface area contributed by atoms with Gasteiger partial charge in [-0.25, -0.2) is 4.98 Å². The van der Waals surface area contributed by atoms with Crippen molar-refractivity contribution in [1.82, 2.24) is 10.3 Å². The fourth-order valence-corrected chi connectivity index (χ4v) is 6.52. The van der Waals surface area contributed by atoms with Crippen molar-refractivity contribution in [3.8, 4) is 5.75 Å². The summed E-state index contributed by atoms with van der Waals surface area (Å²) in [6.07, 6.45) is 0.313. The highest BCUT2D eigenvalue weighted by Gasteiger charge is 2.60. The predicted octanol–water partition coefficient (Wildman–Crippen LogP) is 5.08. The molecule has 3 aliphatic heterocycles. The average molecular weight is 578 g/mol. The van der Waals surface area contributed by atoms with Crippen LogP contribution >= 0.6 is 0 Å². The molecular formula is C34H31N3O6. The molecule has 0 radical (unpaired) electrons. The van der Waals surface area contributed by atoms with Crippen molar-refractivity contribution in [2.75, 3.05) is 5.32 Å². The Balaban J connectivity index is 1.34. The third-order valence-electron chi connectivity index (χ3n) is 8.62. The van der Waals surface area contributed by atoms with Crippen molar-refractivity contribution in [3.05, 3.63) is 112 Å². The standard InChI is InChI=1S/C34H31N3O6/c1-19(2)29-32-35-26(17-38)30(43-32)34-23-10-6-7-11-25(23)36-33(34)42-27-13-12-21(15-24(27)34)14-22(31(40)37-29)16-28(39)41-18-20-8-4-3-5-9-20/h3-13,15,17,19,22,29,33,36H,14,16,18H2,1-2H3,(H,37,40)/t22-,29+,33+,34?/m1/s1. The van der Waals surface area contributed by atoms with Gasteiger partial charge in [0.1, 0.15) is 29.5 Å². The molecule has 4 heterocycles. The van der Waals surface area contributed by atoms with Gasteiger partial charge in [-0.1, -0.05) is 74.5 Å². The number of benzene rings is 3. The van der Waals surface area contributed by atoms with E-state index in [4.69, 9.17) is 13.9 Å². The number of rotatable bonds is 6. The number of nitrogens with one attached hydrogen (secondary N) is 2. The maximum atomic E-state index is 13.8. The number of esters is 1. The molecule has 1 spiro atoms. The fraction of sp³-hybridized carbons (Fsp3) is 0.294. The van der Waals surface area contributed by atoms with Gasteiger partial charge in [-0.05, 0) is 41.2 Å². The highest BCUT2D eigenvalue weighted by atomic mass is 16.5. The first kappa shape index (κ1) is 26.9. The van der Waals surface area contributed by atoms with E-state index in [9.17, 15) is 14.4 Å². The van der Waals surface area contributed by atoms with Gasteiger partial charge in [0.25, 0.3) is 0 Å². The molecule has 3 aromatic carbocycles. The Morgan fingerprint density at radius 1 is 1.07 bits per heavy atom. The molecule has 0 aliphatic carbocycles. The smallest absolute Gasteiger partial charge is 0.306 e. The first-order chi connectivity index (χ1) is 20.9. The number of fused-ring (bicyclic) bond motifs is 4. The molecule has 4 atom stereocenters. The minimum Gasteiger partial charge on any atom is -0.469 e. The van der Waals surface area contributed by atoms with Crippen LogP contribution in [0.5, 0.6) is 5.75 Å². The van der Waals surface area contributed by atoms with Gasteiger partial charge in [0.05, 0.1) is 12.3 Å². The van der Waals surface area contributed by atoms with Crippen molar-refractivity contribution < 1.29 is 28.3 Å². The molecule has 218 valence electrons. The summed E-state index contributed by atoms with van der Waals surface area (Å²) in [4.78, 5) is 44.0. The number of amides is 1. The SMILES string of the molecule is CC(C)[C@@H]1NC(=O)[C@@H](CC(=O)OCc2ccccc2)Cc2ccc3c(c2)C2(c4ccccc4N[C@H]2O3)c2oc1nc2C=O. The average Bonchev–Trinajstić information content (AvgIpc) is 3.67. The van der Waals surface area contributed by atoms with Crippen LogP contribution in [0.4, 0.5) is 5.69 Å². The fourth-order valence-electron chi connectivity index (χ4n) is 6.52. The Bertz CT molecular complexity index is 1730. The van der Waals surface area contributed by atoms with Crippen LogP contribution < -0.4 is 15.4 Å². The van der Waals surface area contributed by atoms with Crippen molar-refractivity contribution in [3.63, 3.8) is 0 Å². The molecule has 9 nitrogen and oxygen atoms in total. The summed E-state index contributed by atoms with van der Waals surface area (Å²) >= 11 is 0. The molecule has 4 aromatic rings. The third-order valence-corrected chi connectivity index (χ3v) is 8.62. The van der Waals surface area contributed by atoms with Crippen molar-refractivity contribution >= 4 is 23.9 Å². The lowest BCUT2D eigenvalue weighted by atomic mass is 9.72. The van der Waals surface area contributed by atoms with E-state index >= 15 is 0 Å². The van der Waals surface area contributed by atoms with Gasteiger partial charge in [-0.3, -0.25) is 14.4 Å². The van der Waals surface area contributed by atoms with E-state index in [-0.39, 0.29) is 36.4 Å². The van der Waals surface area contributed by atoms with Gasteiger partial charge in [-0.15, -0.1) is 0 Å². The Hall–Kier alpha value is -4.92. The highest BCUT2D eigenvalue weighted by Crippen LogP contribution is 2.58. The zero-order valence-corrected chi connectivity index (χ0v) is 23.8. The third kappa shape index (κ3) is 4.38. The Morgan fingerprint density at radius 2 is 1.86 bits per heavy atom. The summed E-state index contributed by atoms with van der Waals surface area (Å²) in [5.41, 5.74) is 3.47. The number of para-hydroxylation sites is 1. The summed E-state index contributed by atoms with van der Waals surface area (Å²) < 4.78 is 18.5. The molecule has 0 saturated heterocycles. The predicted molar refractivity (Wildman–Crippen MR) is 156 cm³/mol. The molecule has 1 amide bonds. The number of hydrogen-bond acceptors (Lipinski definition) is 8. The van der Waals surface area contributed by atoms with E-state index in [1.165, 1.54) is 0 Å². The summed E-state index contributed by atoms with van der Waals surface area (Å²) in [6.45, 7) is 4.01. The van der Waals surface area contributed by atoms with Crippen LogP contribution in [-0.4, -0.2) is 29.4 Å². The lowest BCUT2D eigenvalue weighted by Gasteiger charge is -2.28. The van der Waals surface area contributed by atoms with Crippen molar-refractivity contribution in [2.45, 2.75) is 51.0 Å². The summed E-state index contributed by atoms with van der Waals surface area (Å²) in [5, 5.41) is 6.55. The van der Waals surface area contributed by atoms with Crippen molar-refractivity contribution in [2.24, 2.45) is 11.8 Å². The molecule has 7 rings (SSSR count). The maximum Gasteiger partial charge on any atom is 0.306 e. The quantitative estimate of drug-likeness (QED) is 0.240. The molecular weight excluding hydrogens is 546 g/mol. The summed E-state index contributed by atoms with van der Waals surface area (Å²) in [7, 11) is 0. The lowest BCUT2D eigenvalue weighted by Crippen LogP contribution is -2.40. The van der Waals surface area contributed by atoms with Gasteiger partial charge in [0.15, 0.2) is 18.3 Å². The number of hydrogen-bond donors (Lipinski definition) is 2. The largest absolute Gasteiger partial charge is 0.469 e. The maximum absolute atomic E-state index is 13.8. The molecule has 4 bridgehead atoms. The molecule has 9 heteroatoms. The number of anilines is 1. The Labute approximate surface area is 248 Å². The van der Waals surface area contributed by atoms with Crippen LogP contribution in [0.3, 0.4) is 0 Å².